The highest BCUT2D eigenvalue weighted by Gasteiger charge is 2.15. The van der Waals surface area contributed by atoms with Crippen LogP contribution in [-0.4, -0.2) is 17.2 Å². The standard InChI is InChI=1S/C8H9Br2NO2/c1-4(12)6-5(9)3-11-8(13-2)7(6)10/h3-4,12H,1-2H3. The van der Waals surface area contributed by atoms with Gasteiger partial charge in [0.15, 0.2) is 0 Å². The number of nitrogens with zero attached hydrogens (tertiary/aromatic N) is 1. The summed E-state index contributed by atoms with van der Waals surface area (Å²) in [4.78, 5) is 4.01. The molecule has 1 atom stereocenters. The Kier molecular flexibility index (Phi) is 3.70. The summed E-state index contributed by atoms with van der Waals surface area (Å²) < 4.78 is 6.44. The van der Waals surface area contributed by atoms with Gasteiger partial charge in [-0.05, 0) is 38.8 Å². The van der Waals surface area contributed by atoms with Gasteiger partial charge < -0.3 is 9.84 Å². The number of rotatable bonds is 2. The van der Waals surface area contributed by atoms with Crippen LogP contribution >= 0.6 is 31.9 Å². The number of methoxy groups -OCH3 is 1. The Morgan fingerprint density at radius 2 is 2.15 bits per heavy atom. The molecule has 1 heterocycles. The number of aliphatic hydroxyl groups excluding tert-OH is 1. The molecule has 13 heavy (non-hydrogen) atoms. The lowest BCUT2D eigenvalue weighted by Crippen LogP contribution is -1.98. The quantitative estimate of drug-likeness (QED) is 0.913. The van der Waals surface area contributed by atoms with Crippen LogP contribution in [0, 0.1) is 0 Å². The van der Waals surface area contributed by atoms with Gasteiger partial charge in [-0.15, -0.1) is 0 Å². The van der Waals surface area contributed by atoms with E-state index in [-0.39, 0.29) is 0 Å². The maximum atomic E-state index is 9.46. The zero-order valence-corrected chi connectivity index (χ0v) is 10.4. The summed E-state index contributed by atoms with van der Waals surface area (Å²) in [5.41, 5.74) is 0.742. The average molecular weight is 311 g/mol. The monoisotopic (exact) mass is 309 g/mol. The highest BCUT2D eigenvalue weighted by atomic mass is 79.9. The SMILES string of the molecule is COc1ncc(Br)c(C(C)O)c1Br. The molecule has 0 aliphatic carbocycles. The zero-order chi connectivity index (χ0) is 10.0. The average Bonchev–Trinajstić information content (AvgIpc) is 2.04. The molecular formula is C8H9Br2NO2. The normalized spacial score (nSPS) is 12.7. The number of hydrogen-bond donors (Lipinski definition) is 1. The number of halogens is 2. The number of hydrogen-bond acceptors (Lipinski definition) is 3. The molecule has 0 amide bonds. The molecule has 1 unspecified atom stereocenters. The molecule has 0 aromatic carbocycles. The first kappa shape index (κ1) is 10.9. The molecule has 72 valence electrons. The van der Waals surface area contributed by atoms with Gasteiger partial charge in [0.05, 0.1) is 17.7 Å². The van der Waals surface area contributed by atoms with E-state index in [1.165, 1.54) is 7.11 Å². The van der Waals surface area contributed by atoms with Gasteiger partial charge in [0.1, 0.15) is 0 Å². The number of ether oxygens (including phenoxy) is 1. The number of pyridine rings is 1. The van der Waals surface area contributed by atoms with Crippen LogP contribution in [0.3, 0.4) is 0 Å². The van der Waals surface area contributed by atoms with Crippen molar-refractivity contribution in [1.29, 1.82) is 0 Å². The molecular weight excluding hydrogens is 302 g/mol. The minimum atomic E-state index is -0.569. The minimum absolute atomic E-state index is 0.471. The van der Waals surface area contributed by atoms with Crippen LogP contribution in [0.2, 0.25) is 0 Å². The Morgan fingerprint density at radius 3 is 2.62 bits per heavy atom. The second-order valence-electron chi connectivity index (χ2n) is 2.52. The molecule has 1 aromatic heterocycles. The molecule has 0 spiro atoms. The molecule has 3 nitrogen and oxygen atoms in total. The Morgan fingerprint density at radius 1 is 1.54 bits per heavy atom. The summed E-state index contributed by atoms with van der Waals surface area (Å²) in [5, 5.41) is 9.46. The lowest BCUT2D eigenvalue weighted by Gasteiger charge is -2.11. The van der Waals surface area contributed by atoms with Crippen molar-refractivity contribution >= 4 is 31.9 Å². The summed E-state index contributed by atoms with van der Waals surface area (Å²) in [7, 11) is 1.53. The first-order valence-electron chi connectivity index (χ1n) is 3.64. The molecule has 0 bridgehead atoms. The molecule has 5 heteroatoms. The van der Waals surface area contributed by atoms with Crippen molar-refractivity contribution in [2.24, 2.45) is 0 Å². The van der Waals surface area contributed by atoms with Crippen LogP contribution in [0.4, 0.5) is 0 Å². The van der Waals surface area contributed by atoms with Crippen LogP contribution in [0.5, 0.6) is 5.88 Å². The topological polar surface area (TPSA) is 42.4 Å². The maximum Gasteiger partial charge on any atom is 0.228 e. The Hall–Kier alpha value is -0.130. The number of aromatic nitrogens is 1. The van der Waals surface area contributed by atoms with E-state index in [9.17, 15) is 5.11 Å². The fourth-order valence-corrected chi connectivity index (χ4v) is 2.69. The van der Waals surface area contributed by atoms with Gasteiger partial charge in [-0.25, -0.2) is 4.98 Å². The maximum absolute atomic E-state index is 9.46. The van der Waals surface area contributed by atoms with Gasteiger partial charge in [-0.3, -0.25) is 0 Å². The second-order valence-corrected chi connectivity index (χ2v) is 4.17. The van der Waals surface area contributed by atoms with Crippen molar-refractivity contribution in [3.05, 3.63) is 20.7 Å². The Bertz CT molecular complexity index is 315. The molecule has 0 fully saturated rings. The third kappa shape index (κ3) is 2.21. The van der Waals surface area contributed by atoms with Crippen LogP contribution < -0.4 is 4.74 Å². The van der Waals surface area contributed by atoms with Gasteiger partial charge in [0, 0.05) is 16.2 Å². The first-order valence-corrected chi connectivity index (χ1v) is 5.22. The van der Waals surface area contributed by atoms with Gasteiger partial charge in [0.25, 0.3) is 0 Å². The minimum Gasteiger partial charge on any atom is -0.480 e. The fraction of sp³-hybridized carbons (Fsp3) is 0.375. The van der Waals surface area contributed by atoms with E-state index in [1.807, 2.05) is 0 Å². The lowest BCUT2D eigenvalue weighted by atomic mass is 10.2. The molecule has 0 saturated heterocycles. The predicted molar refractivity (Wildman–Crippen MR) is 56.8 cm³/mol. The van der Waals surface area contributed by atoms with E-state index in [0.29, 0.717) is 10.4 Å². The summed E-state index contributed by atoms with van der Waals surface area (Å²) in [6, 6.07) is 0. The predicted octanol–water partition coefficient (Wildman–Crippen LogP) is 2.67. The Balaban J connectivity index is 3.30. The highest BCUT2D eigenvalue weighted by molar-refractivity contribution is 9.11. The zero-order valence-electron chi connectivity index (χ0n) is 7.21. The van der Waals surface area contributed by atoms with E-state index in [1.54, 1.807) is 13.1 Å². The van der Waals surface area contributed by atoms with E-state index in [2.05, 4.69) is 36.8 Å². The highest BCUT2D eigenvalue weighted by Crippen LogP contribution is 2.35. The van der Waals surface area contributed by atoms with E-state index >= 15 is 0 Å². The summed E-state index contributed by atoms with van der Waals surface area (Å²) >= 11 is 6.62. The Labute approximate surface area is 93.4 Å². The van der Waals surface area contributed by atoms with Gasteiger partial charge >= 0.3 is 0 Å². The smallest absolute Gasteiger partial charge is 0.228 e. The molecule has 0 aliphatic heterocycles. The van der Waals surface area contributed by atoms with Crippen molar-refractivity contribution in [1.82, 2.24) is 4.98 Å². The van der Waals surface area contributed by atoms with Crippen molar-refractivity contribution in [2.75, 3.05) is 7.11 Å². The third-order valence-corrected chi connectivity index (χ3v) is 2.99. The molecule has 1 aromatic rings. The van der Waals surface area contributed by atoms with Crippen molar-refractivity contribution in [3.8, 4) is 5.88 Å². The summed E-state index contributed by atoms with van der Waals surface area (Å²) in [6.07, 6.45) is 1.03. The molecule has 0 aliphatic rings. The lowest BCUT2D eigenvalue weighted by molar-refractivity contribution is 0.197. The third-order valence-electron chi connectivity index (χ3n) is 1.59. The molecule has 0 saturated carbocycles. The van der Waals surface area contributed by atoms with Crippen LogP contribution in [0.15, 0.2) is 15.1 Å². The van der Waals surface area contributed by atoms with Gasteiger partial charge in [-0.1, -0.05) is 0 Å². The first-order chi connectivity index (χ1) is 6.07. The molecule has 1 N–H and O–H groups in total. The van der Waals surface area contributed by atoms with Crippen molar-refractivity contribution in [3.63, 3.8) is 0 Å². The van der Waals surface area contributed by atoms with Crippen LogP contribution in [0.25, 0.3) is 0 Å². The summed E-state index contributed by atoms with van der Waals surface area (Å²) in [6.45, 7) is 1.68. The van der Waals surface area contributed by atoms with Crippen molar-refractivity contribution < 1.29 is 9.84 Å². The van der Waals surface area contributed by atoms with E-state index < -0.39 is 6.10 Å². The number of aliphatic hydroxyl groups is 1. The van der Waals surface area contributed by atoms with E-state index in [4.69, 9.17) is 4.74 Å². The molecule has 0 radical (unpaired) electrons. The van der Waals surface area contributed by atoms with Crippen LogP contribution in [-0.2, 0) is 0 Å². The van der Waals surface area contributed by atoms with Gasteiger partial charge in [0.2, 0.25) is 5.88 Å². The summed E-state index contributed by atoms with van der Waals surface area (Å²) in [5.74, 6) is 0.471. The largest absolute Gasteiger partial charge is 0.480 e. The molecule has 1 rings (SSSR count). The fourth-order valence-electron chi connectivity index (χ4n) is 0.987. The van der Waals surface area contributed by atoms with E-state index in [0.717, 1.165) is 10.0 Å². The van der Waals surface area contributed by atoms with Crippen LogP contribution in [0.1, 0.15) is 18.6 Å². The van der Waals surface area contributed by atoms with Crippen molar-refractivity contribution in [2.45, 2.75) is 13.0 Å². The second kappa shape index (κ2) is 4.39. The van der Waals surface area contributed by atoms with Gasteiger partial charge in [-0.2, -0.15) is 0 Å².